The number of nitrogens with zero attached hydrogens (tertiary/aromatic N) is 2. The van der Waals surface area contributed by atoms with Crippen molar-refractivity contribution in [2.45, 2.75) is 18.9 Å². The summed E-state index contributed by atoms with van der Waals surface area (Å²) in [5.41, 5.74) is 1.99. The Hall–Kier alpha value is -3.28. The maximum atomic E-state index is 12.6. The molecule has 6 heteroatoms. The van der Waals surface area contributed by atoms with Crippen LogP contribution in [0.5, 0.6) is 5.75 Å². The van der Waals surface area contributed by atoms with Crippen molar-refractivity contribution in [1.82, 2.24) is 10.3 Å². The molecule has 1 saturated heterocycles. The molecule has 2 atom stereocenters. The van der Waals surface area contributed by atoms with Gasteiger partial charge in [-0.15, -0.1) is 0 Å². The number of para-hydroxylation sites is 2. The van der Waals surface area contributed by atoms with Gasteiger partial charge in [0.15, 0.2) is 0 Å². The first-order chi connectivity index (χ1) is 15.3. The molecule has 158 valence electrons. The number of nitrogens with one attached hydrogen (secondary N) is 2. The summed E-state index contributed by atoms with van der Waals surface area (Å²) < 4.78 is 6.09. The van der Waals surface area contributed by atoms with Gasteiger partial charge in [-0.1, -0.05) is 24.3 Å². The Kier molecular flexibility index (Phi) is 4.44. The van der Waals surface area contributed by atoms with Crippen LogP contribution in [0.1, 0.15) is 12.8 Å². The van der Waals surface area contributed by atoms with Crippen LogP contribution in [0.2, 0.25) is 0 Å². The van der Waals surface area contributed by atoms with Crippen LogP contribution in [0.15, 0.2) is 60.9 Å². The number of amides is 2. The lowest BCUT2D eigenvalue weighted by Gasteiger charge is -2.25. The molecule has 2 amide bonds. The SMILES string of the molecule is O=C(Nc1cccc2cnccc12)NC1C2CN(c3ccccc3OCC3CC3)CC21. The molecule has 2 N–H and O–H groups in total. The minimum absolute atomic E-state index is 0.136. The minimum Gasteiger partial charge on any atom is -0.491 e. The fraction of sp³-hybridized carbons (Fsp3) is 0.360. The van der Waals surface area contributed by atoms with Gasteiger partial charge in [0.1, 0.15) is 5.75 Å². The fourth-order valence-electron chi connectivity index (χ4n) is 4.81. The second kappa shape index (κ2) is 7.45. The van der Waals surface area contributed by atoms with E-state index in [2.05, 4.69) is 38.7 Å². The van der Waals surface area contributed by atoms with Crippen molar-refractivity contribution in [1.29, 1.82) is 0 Å². The van der Waals surface area contributed by atoms with Crippen LogP contribution in [-0.2, 0) is 0 Å². The summed E-state index contributed by atoms with van der Waals surface area (Å²) in [5.74, 6) is 2.73. The summed E-state index contributed by atoms with van der Waals surface area (Å²) >= 11 is 0. The molecule has 0 spiro atoms. The van der Waals surface area contributed by atoms with Crippen molar-refractivity contribution in [3.05, 3.63) is 60.9 Å². The zero-order chi connectivity index (χ0) is 20.8. The van der Waals surface area contributed by atoms with Crippen LogP contribution >= 0.6 is 0 Å². The van der Waals surface area contributed by atoms with E-state index in [4.69, 9.17) is 4.74 Å². The van der Waals surface area contributed by atoms with E-state index < -0.39 is 0 Å². The standard InChI is InChI=1S/C25H26N4O2/c30-25(27-21-5-3-4-17-12-26-11-10-18(17)21)28-24-19-13-29(14-20(19)24)22-6-1-2-7-23(22)31-15-16-8-9-16/h1-7,10-12,16,19-20,24H,8-9,13-15H2,(H2,27,28,30). The Labute approximate surface area is 181 Å². The number of ether oxygens (including phenoxy) is 1. The number of carbonyl (C=O) groups excluding carboxylic acids is 1. The highest BCUT2D eigenvalue weighted by Gasteiger charge is 2.56. The molecule has 2 aromatic carbocycles. The van der Waals surface area contributed by atoms with Crippen LogP contribution < -0.4 is 20.3 Å². The Bertz CT molecular complexity index is 1110. The molecule has 6 nitrogen and oxygen atoms in total. The van der Waals surface area contributed by atoms with E-state index in [-0.39, 0.29) is 12.1 Å². The van der Waals surface area contributed by atoms with E-state index >= 15 is 0 Å². The van der Waals surface area contributed by atoms with E-state index in [0.29, 0.717) is 11.8 Å². The lowest BCUT2D eigenvalue weighted by Crippen LogP contribution is -2.37. The first kappa shape index (κ1) is 18.5. The summed E-state index contributed by atoms with van der Waals surface area (Å²) in [4.78, 5) is 19.2. The summed E-state index contributed by atoms with van der Waals surface area (Å²) in [5, 5.41) is 8.21. The highest BCUT2D eigenvalue weighted by atomic mass is 16.5. The molecule has 2 saturated carbocycles. The van der Waals surface area contributed by atoms with E-state index in [1.165, 1.54) is 18.5 Å². The number of benzene rings is 2. The number of hydrogen-bond acceptors (Lipinski definition) is 4. The topological polar surface area (TPSA) is 66.5 Å². The third kappa shape index (κ3) is 3.67. The Morgan fingerprint density at radius 2 is 1.90 bits per heavy atom. The second-order valence-electron chi connectivity index (χ2n) is 8.98. The van der Waals surface area contributed by atoms with Crippen molar-refractivity contribution in [2.75, 3.05) is 29.9 Å². The molecular weight excluding hydrogens is 388 g/mol. The number of hydrogen-bond donors (Lipinski definition) is 2. The molecular formula is C25H26N4O2. The lowest BCUT2D eigenvalue weighted by atomic mass is 10.1. The smallest absolute Gasteiger partial charge is 0.319 e. The van der Waals surface area contributed by atoms with E-state index in [0.717, 1.165) is 47.8 Å². The quantitative estimate of drug-likeness (QED) is 0.632. The average Bonchev–Trinajstić information content (AvgIpc) is 3.69. The first-order valence-corrected chi connectivity index (χ1v) is 11.1. The molecule has 3 aromatic rings. The molecule has 31 heavy (non-hydrogen) atoms. The molecule has 3 aliphatic rings. The fourth-order valence-corrected chi connectivity index (χ4v) is 4.81. The Balaban J connectivity index is 1.06. The number of rotatable bonds is 6. The van der Waals surface area contributed by atoms with Crippen molar-refractivity contribution in [3.63, 3.8) is 0 Å². The number of urea groups is 1. The van der Waals surface area contributed by atoms with Crippen molar-refractivity contribution in [2.24, 2.45) is 17.8 Å². The number of pyridine rings is 1. The first-order valence-electron chi connectivity index (χ1n) is 11.1. The molecule has 3 fully saturated rings. The number of aromatic nitrogens is 1. The van der Waals surface area contributed by atoms with Gasteiger partial charge in [-0.05, 0) is 43.0 Å². The van der Waals surface area contributed by atoms with Crippen LogP contribution in [-0.4, -0.2) is 36.8 Å². The number of piperidine rings is 1. The molecule has 2 aliphatic carbocycles. The normalized spacial score (nSPS) is 24.0. The summed E-state index contributed by atoms with van der Waals surface area (Å²) in [6, 6.07) is 16.2. The maximum Gasteiger partial charge on any atom is 0.319 e. The number of carbonyl (C=O) groups is 1. The molecule has 2 heterocycles. The van der Waals surface area contributed by atoms with Crippen molar-refractivity contribution < 1.29 is 9.53 Å². The molecule has 2 unspecified atom stereocenters. The maximum absolute atomic E-state index is 12.6. The highest BCUT2D eigenvalue weighted by Crippen LogP contribution is 2.48. The van der Waals surface area contributed by atoms with E-state index in [1.54, 1.807) is 6.20 Å². The van der Waals surface area contributed by atoms with Crippen LogP contribution in [0.3, 0.4) is 0 Å². The van der Waals surface area contributed by atoms with Crippen molar-refractivity contribution in [3.8, 4) is 5.75 Å². The Morgan fingerprint density at radius 3 is 2.74 bits per heavy atom. The molecule has 1 aliphatic heterocycles. The van der Waals surface area contributed by atoms with Gasteiger partial charge < -0.3 is 20.3 Å². The molecule has 0 bridgehead atoms. The van der Waals surface area contributed by atoms with Crippen molar-refractivity contribution >= 4 is 28.2 Å². The van der Waals surface area contributed by atoms with Gasteiger partial charge in [0.25, 0.3) is 0 Å². The predicted octanol–water partition coefficient (Wildman–Crippen LogP) is 4.28. The van der Waals surface area contributed by atoms with Crippen LogP contribution in [0.4, 0.5) is 16.2 Å². The highest BCUT2D eigenvalue weighted by molar-refractivity contribution is 6.01. The summed E-state index contributed by atoms with van der Waals surface area (Å²) in [6.07, 6.45) is 6.14. The van der Waals surface area contributed by atoms with E-state index in [1.807, 2.05) is 36.5 Å². The second-order valence-corrected chi connectivity index (χ2v) is 8.98. The van der Waals surface area contributed by atoms with Gasteiger partial charge in [-0.25, -0.2) is 4.79 Å². The Morgan fingerprint density at radius 1 is 1.06 bits per heavy atom. The van der Waals surface area contributed by atoms with Gasteiger partial charge >= 0.3 is 6.03 Å². The molecule has 1 aromatic heterocycles. The number of fused-ring (bicyclic) bond motifs is 2. The van der Waals surface area contributed by atoms with Crippen LogP contribution in [0.25, 0.3) is 10.8 Å². The largest absolute Gasteiger partial charge is 0.491 e. The number of anilines is 2. The third-order valence-corrected chi connectivity index (χ3v) is 6.80. The predicted molar refractivity (Wildman–Crippen MR) is 122 cm³/mol. The average molecular weight is 415 g/mol. The summed E-state index contributed by atoms with van der Waals surface area (Å²) in [7, 11) is 0. The van der Waals surface area contributed by atoms with Crippen LogP contribution in [0, 0.1) is 17.8 Å². The van der Waals surface area contributed by atoms with E-state index in [9.17, 15) is 4.79 Å². The molecule has 0 radical (unpaired) electrons. The molecule has 6 rings (SSSR count). The zero-order valence-electron chi connectivity index (χ0n) is 17.3. The monoisotopic (exact) mass is 414 g/mol. The van der Waals surface area contributed by atoms with Gasteiger partial charge in [-0.2, -0.15) is 0 Å². The van der Waals surface area contributed by atoms with Gasteiger partial charge in [0.2, 0.25) is 0 Å². The van der Waals surface area contributed by atoms with Gasteiger partial charge in [0, 0.05) is 54.1 Å². The van der Waals surface area contributed by atoms with Gasteiger partial charge in [-0.3, -0.25) is 4.98 Å². The summed E-state index contributed by atoms with van der Waals surface area (Å²) in [6.45, 7) is 2.74. The zero-order valence-corrected chi connectivity index (χ0v) is 17.3. The third-order valence-electron chi connectivity index (χ3n) is 6.80. The lowest BCUT2D eigenvalue weighted by molar-refractivity contribution is 0.250. The minimum atomic E-state index is -0.136. The van der Waals surface area contributed by atoms with Gasteiger partial charge in [0.05, 0.1) is 18.0 Å².